The number of rotatable bonds is 4. The van der Waals surface area contributed by atoms with Crippen LogP contribution in [0.4, 0.5) is 9.52 Å². The van der Waals surface area contributed by atoms with E-state index in [-0.39, 0.29) is 11.6 Å². The van der Waals surface area contributed by atoms with Gasteiger partial charge >= 0.3 is 0 Å². The van der Waals surface area contributed by atoms with E-state index in [0.29, 0.717) is 12.5 Å². The number of methoxy groups -OCH3 is 1. The highest BCUT2D eigenvalue weighted by atomic mass is 32.1. The predicted molar refractivity (Wildman–Crippen MR) is 94.2 cm³/mol. The van der Waals surface area contributed by atoms with Crippen molar-refractivity contribution in [3.05, 3.63) is 41.2 Å². The summed E-state index contributed by atoms with van der Waals surface area (Å²) in [4.78, 5) is 13.0. The molecule has 2 heterocycles. The lowest BCUT2D eigenvalue weighted by molar-refractivity contribution is 0.380. The molecule has 1 aromatic heterocycles. The molecule has 0 spiro atoms. The van der Waals surface area contributed by atoms with Gasteiger partial charge in [-0.05, 0) is 17.7 Å². The Bertz CT molecular complexity index is 698. The van der Waals surface area contributed by atoms with Crippen molar-refractivity contribution in [2.45, 2.75) is 6.54 Å². The molecule has 24 heavy (non-hydrogen) atoms. The van der Waals surface area contributed by atoms with Gasteiger partial charge in [0, 0.05) is 37.8 Å². The smallest absolute Gasteiger partial charge is 0.191 e. The molecule has 1 aromatic carbocycles. The number of nitrogens with zero attached hydrogens (tertiary/aromatic N) is 4. The van der Waals surface area contributed by atoms with E-state index < -0.39 is 0 Å². The molecule has 2 N–H and O–H groups in total. The van der Waals surface area contributed by atoms with Gasteiger partial charge in [-0.1, -0.05) is 6.07 Å². The van der Waals surface area contributed by atoms with Crippen LogP contribution in [0.5, 0.6) is 5.75 Å². The number of benzene rings is 1. The van der Waals surface area contributed by atoms with Crippen LogP contribution in [0.1, 0.15) is 5.56 Å². The summed E-state index contributed by atoms with van der Waals surface area (Å²) >= 11 is 1.64. The van der Waals surface area contributed by atoms with Gasteiger partial charge in [0.25, 0.3) is 0 Å². The molecule has 1 fully saturated rings. The van der Waals surface area contributed by atoms with Gasteiger partial charge in [0.05, 0.1) is 13.7 Å². The molecular weight excluding hydrogens is 329 g/mol. The standard InChI is InChI=1S/C16H20FN5OS/c1-23-14-3-2-12(10-13(14)17)11-20-15(18)21-5-7-22(8-6-21)16-19-4-9-24-16/h2-4,9-10H,5-8,11H2,1H3,(H2,18,20). The lowest BCUT2D eigenvalue weighted by Crippen LogP contribution is -2.51. The highest BCUT2D eigenvalue weighted by molar-refractivity contribution is 7.13. The van der Waals surface area contributed by atoms with E-state index in [2.05, 4.69) is 14.9 Å². The minimum Gasteiger partial charge on any atom is -0.494 e. The normalized spacial score (nSPS) is 15.7. The molecule has 1 aliphatic heterocycles. The fourth-order valence-electron chi connectivity index (χ4n) is 2.58. The lowest BCUT2D eigenvalue weighted by Gasteiger charge is -2.35. The van der Waals surface area contributed by atoms with E-state index in [1.807, 2.05) is 16.5 Å². The van der Waals surface area contributed by atoms with E-state index in [4.69, 9.17) is 10.5 Å². The van der Waals surface area contributed by atoms with Crippen molar-refractivity contribution >= 4 is 22.4 Å². The number of guanidine groups is 1. The SMILES string of the molecule is COc1ccc(CN=C(N)N2CCN(c3nccs3)CC2)cc1F. The largest absolute Gasteiger partial charge is 0.494 e. The zero-order valence-electron chi connectivity index (χ0n) is 13.5. The summed E-state index contributed by atoms with van der Waals surface area (Å²) in [5.41, 5.74) is 6.84. The van der Waals surface area contributed by atoms with Crippen LogP contribution in [-0.2, 0) is 6.54 Å². The van der Waals surface area contributed by atoms with Crippen molar-refractivity contribution in [3.8, 4) is 5.75 Å². The third-order valence-electron chi connectivity index (χ3n) is 3.93. The molecule has 0 atom stereocenters. The predicted octanol–water partition coefficient (Wildman–Crippen LogP) is 1.93. The van der Waals surface area contributed by atoms with Crippen LogP contribution in [0.3, 0.4) is 0 Å². The molecule has 1 aliphatic rings. The first kappa shape index (κ1) is 16.5. The van der Waals surface area contributed by atoms with E-state index in [9.17, 15) is 4.39 Å². The molecule has 0 amide bonds. The Morgan fingerprint density at radius 2 is 2.17 bits per heavy atom. The molecule has 128 valence electrons. The fraction of sp³-hybridized carbons (Fsp3) is 0.375. The molecule has 8 heteroatoms. The zero-order valence-corrected chi connectivity index (χ0v) is 14.3. The van der Waals surface area contributed by atoms with Gasteiger partial charge in [0.15, 0.2) is 22.7 Å². The number of ether oxygens (including phenoxy) is 1. The maximum atomic E-state index is 13.7. The molecule has 3 rings (SSSR count). The molecule has 6 nitrogen and oxygen atoms in total. The van der Waals surface area contributed by atoms with Crippen molar-refractivity contribution in [2.24, 2.45) is 10.7 Å². The van der Waals surface area contributed by atoms with Gasteiger partial charge in [-0.2, -0.15) is 0 Å². The number of nitrogens with two attached hydrogens (primary N) is 1. The van der Waals surface area contributed by atoms with Gasteiger partial charge in [0.2, 0.25) is 0 Å². The summed E-state index contributed by atoms with van der Waals surface area (Å²) in [6.45, 7) is 3.67. The molecule has 0 saturated carbocycles. The first-order chi connectivity index (χ1) is 11.7. The second-order valence-electron chi connectivity index (χ2n) is 5.43. The van der Waals surface area contributed by atoms with Crippen LogP contribution >= 0.6 is 11.3 Å². The number of piperazine rings is 1. The van der Waals surface area contributed by atoms with Crippen LogP contribution in [-0.4, -0.2) is 49.1 Å². The zero-order chi connectivity index (χ0) is 16.9. The fourth-order valence-corrected chi connectivity index (χ4v) is 3.28. The third kappa shape index (κ3) is 3.76. The Kier molecular flexibility index (Phi) is 5.14. The number of hydrogen-bond donors (Lipinski definition) is 1. The first-order valence-corrected chi connectivity index (χ1v) is 8.57. The second-order valence-corrected chi connectivity index (χ2v) is 6.31. The Balaban J connectivity index is 1.56. The highest BCUT2D eigenvalue weighted by Crippen LogP contribution is 2.19. The Labute approximate surface area is 144 Å². The third-order valence-corrected chi connectivity index (χ3v) is 4.77. The Morgan fingerprint density at radius 1 is 1.38 bits per heavy atom. The minimum atomic E-state index is -0.388. The number of aliphatic imine (C=N–C) groups is 1. The number of thiazole rings is 1. The average Bonchev–Trinajstić information content (AvgIpc) is 3.14. The van der Waals surface area contributed by atoms with Gasteiger partial charge in [-0.15, -0.1) is 11.3 Å². The van der Waals surface area contributed by atoms with Crippen LogP contribution in [0.2, 0.25) is 0 Å². The highest BCUT2D eigenvalue weighted by Gasteiger charge is 2.19. The van der Waals surface area contributed by atoms with E-state index >= 15 is 0 Å². The monoisotopic (exact) mass is 349 g/mol. The topological polar surface area (TPSA) is 67.0 Å². The van der Waals surface area contributed by atoms with Crippen molar-refractivity contribution in [3.63, 3.8) is 0 Å². The number of anilines is 1. The van der Waals surface area contributed by atoms with Gasteiger partial charge in [-0.3, -0.25) is 0 Å². The van der Waals surface area contributed by atoms with Crippen molar-refractivity contribution < 1.29 is 9.13 Å². The molecule has 0 bridgehead atoms. The quantitative estimate of drug-likeness (QED) is 0.675. The lowest BCUT2D eigenvalue weighted by atomic mass is 10.2. The van der Waals surface area contributed by atoms with Gasteiger partial charge < -0.3 is 20.3 Å². The molecule has 2 aromatic rings. The van der Waals surface area contributed by atoms with Crippen LogP contribution in [0, 0.1) is 5.82 Å². The summed E-state index contributed by atoms with van der Waals surface area (Å²) in [6.07, 6.45) is 1.82. The Hall–Kier alpha value is -2.35. The summed E-state index contributed by atoms with van der Waals surface area (Å²) in [5, 5.41) is 3.02. The van der Waals surface area contributed by atoms with Crippen LogP contribution < -0.4 is 15.4 Å². The summed E-state index contributed by atoms with van der Waals surface area (Å²) in [7, 11) is 1.44. The maximum Gasteiger partial charge on any atom is 0.191 e. The number of halogens is 1. The van der Waals surface area contributed by atoms with E-state index in [1.165, 1.54) is 13.2 Å². The summed E-state index contributed by atoms with van der Waals surface area (Å²) in [6, 6.07) is 4.82. The second kappa shape index (κ2) is 7.48. The van der Waals surface area contributed by atoms with Crippen LogP contribution in [0.25, 0.3) is 0 Å². The van der Waals surface area contributed by atoms with E-state index in [1.54, 1.807) is 23.5 Å². The van der Waals surface area contributed by atoms with Gasteiger partial charge in [0.1, 0.15) is 0 Å². The molecule has 0 unspecified atom stereocenters. The van der Waals surface area contributed by atoms with Gasteiger partial charge in [-0.25, -0.2) is 14.4 Å². The molecule has 0 aliphatic carbocycles. The minimum absolute atomic E-state index is 0.231. The Morgan fingerprint density at radius 3 is 2.79 bits per heavy atom. The number of aromatic nitrogens is 1. The average molecular weight is 349 g/mol. The van der Waals surface area contributed by atoms with Crippen molar-refractivity contribution in [2.75, 3.05) is 38.2 Å². The molecule has 0 radical (unpaired) electrons. The molecule has 1 saturated heterocycles. The first-order valence-electron chi connectivity index (χ1n) is 7.69. The van der Waals surface area contributed by atoms with Crippen LogP contribution in [0.15, 0.2) is 34.8 Å². The summed E-state index contributed by atoms with van der Waals surface area (Å²) in [5.74, 6) is 0.333. The molecular formula is C16H20FN5OS. The summed E-state index contributed by atoms with van der Waals surface area (Å²) < 4.78 is 18.6. The van der Waals surface area contributed by atoms with Crippen molar-refractivity contribution in [1.29, 1.82) is 0 Å². The number of hydrogen-bond acceptors (Lipinski definition) is 5. The maximum absolute atomic E-state index is 13.7. The van der Waals surface area contributed by atoms with E-state index in [0.717, 1.165) is 36.9 Å². The van der Waals surface area contributed by atoms with Crippen molar-refractivity contribution in [1.82, 2.24) is 9.88 Å².